The van der Waals surface area contributed by atoms with Crippen LogP contribution in [0.3, 0.4) is 0 Å². The average Bonchev–Trinajstić information content (AvgIpc) is 2.49. The number of nitro groups is 1. The third-order valence-corrected chi connectivity index (χ3v) is 3.37. The van der Waals surface area contributed by atoms with Crippen LogP contribution in [0.1, 0.15) is 10.4 Å². The maximum atomic E-state index is 12.1. The SMILES string of the molecule is O=C1Nc2cc(Cl)c(Cl)c([N+](=O)[O-])c2C(=O)C(=NO)C1=O. The Hall–Kier alpha value is -2.52. The van der Waals surface area contributed by atoms with Crippen LogP contribution in [0.4, 0.5) is 11.4 Å². The zero-order valence-corrected chi connectivity index (χ0v) is 11.2. The number of carbonyl (C=O) groups excluding carboxylic acids is 3. The highest BCUT2D eigenvalue weighted by atomic mass is 35.5. The standard InChI is InChI=1S/C10H3Cl2N3O6/c11-2-1-3-4(7(5(2)12)15(20)21)8(16)6(14-19)9(17)10(18)13-3/h1,19H,(H,13,18). The van der Waals surface area contributed by atoms with Gasteiger partial charge in [-0.2, -0.15) is 0 Å². The molecule has 0 aromatic heterocycles. The molecule has 0 radical (unpaired) electrons. The molecule has 2 rings (SSSR count). The van der Waals surface area contributed by atoms with E-state index in [9.17, 15) is 24.5 Å². The predicted octanol–water partition coefficient (Wildman–Crippen LogP) is 1.44. The Kier molecular flexibility index (Phi) is 3.62. The smallest absolute Gasteiger partial charge is 0.302 e. The van der Waals surface area contributed by atoms with E-state index in [0.717, 1.165) is 6.07 Å². The van der Waals surface area contributed by atoms with Crippen LogP contribution in [0.2, 0.25) is 10.0 Å². The molecule has 0 spiro atoms. The molecule has 0 fully saturated rings. The number of benzene rings is 1. The molecule has 0 atom stereocenters. The second-order valence-electron chi connectivity index (χ2n) is 3.76. The molecule has 21 heavy (non-hydrogen) atoms. The summed E-state index contributed by atoms with van der Waals surface area (Å²) in [5.74, 6) is -4.07. The highest BCUT2D eigenvalue weighted by molar-refractivity contribution is 6.83. The van der Waals surface area contributed by atoms with E-state index in [0.29, 0.717) is 0 Å². The van der Waals surface area contributed by atoms with Crippen LogP contribution in [-0.4, -0.2) is 33.3 Å². The molecule has 9 nitrogen and oxygen atoms in total. The number of anilines is 1. The van der Waals surface area contributed by atoms with Crippen LogP contribution < -0.4 is 5.32 Å². The lowest BCUT2D eigenvalue weighted by atomic mass is 10.0. The number of fused-ring (bicyclic) bond motifs is 1. The maximum absolute atomic E-state index is 12.1. The summed E-state index contributed by atoms with van der Waals surface area (Å²) in [4.78, 5) is 45.2. The van der Waals surface area contributed by atoms with Gasteiger partial charge in [0, 0.05) is 0 Å². The molecule has 0 unspecified atom stereocenters. The zero-order valence-electron chi connectivity index (χ0n) is 9.72. The van der Waals surface area contributed by atoms with Gasteiger partial charge in [0.1, 0.15) is 10.6 Å². The molecule has 0 saturated carbocycles. The minimum absolute atomic E-state index is 0.299. The van der Waals surface area contributed by atoms with Crippen LogP contribution in [0.25, 0.3) is 0 Å². The number of hydrogen-bond acceptors (Lipinski definition) is 7. The summed E-state index contributed by atoms with van der Waals surface area (Å²) < 4.78 is 0. The van der Waals surface area contributed by atoms with Crippen molar-refractivity contribution >= 4 is 57.8 Å². The highest BCUT2D eigenvalue weighted by Crippen LogP contribution is 2.40. The molecule has 1 heterocycles. The lowest BCUT2D eigenvalue weighted by Crippen LogP contribution is -2.31. The highest BCUT2D eigenvalue weighted by Gasteiger charge is 2.40. The lowest BCUT2D eigenvalue weighted by Gasteiger charge is -2.08. The number of nitrogens with zero attached hydrogens (tertiary/aromatic N) is 2. The fraction of sp³-hybridized carbons (Fsp3) is 0. The van der Waals surface area contributed by atoms with Gasteiger partial charge in [0.25, 0.3) is 11.7 Å². The van der Waals surface area contributed by atoms with Gasteiger partial charge < -0.3 is 10.5 Å². The monoisotopic (exact) mass is 331 g/mol. The van der Waals surface area contributed by atoms with Crippen LogP contribution in [0, 0.1) is 10.1 Å². The van der Waals surface area contributed by atoms with Gasteiger partial charge in [-0.15, -0.1) is 0 Å². The predicted molar refractivity (Wildman–Crippen MR) is 70.3 cm³/mol. The Labute approximate surface area is 125 Å². The molecular formula is C10H3Cl2N3O6. The van der Waals surface area contributed by atoms with E-state index in [1.54, 1.807) is 0 Å². The van der Waals surface area contributed by atoms with Crippen LogP contribution in [-0.2, 0) is 9.59 Å². The van der Waals surface area contributed by atoms with Gasteiger partial charge >= 0.3 is 5.69 Å². The number of oxime groups is 1. The summed E-state index contributed by atoms with van der Waals surface area (Å²) in [5, 5.41) is 23.3. The topological polar surface area (TPSA) is 139 Å². The van der Waals surface area contributed by atoms with E-state index in [1.165, 1.54) is 0 Å². The molecule has 108 valence electrons. The van der Waals surface area contributed by atoms with Crippen molar-refractivity contribution in [2.45, 2.75) is 0 Å². The first kappa shape index (κ1) is 14.9. The van der Waals surface area contributed by atoms with E-state index >= 15 is 0 Å². The molecule has 2 N–H and O–H groups in total. The largest absolute Gasteiger partial charge is 0.410 e. The number of amides is 1. The van der Waals surface area contributed by atoms with Crippen molar-refractivity contribution in [3.63, 3.8) is 0 Å². The van der Waals surface area contributed by atoms with Crippen molar-refractivity contribution in [3.8, 4) is 0 Å². The third kappa shape index (κ3) is 2.22. The van der Waals surface area contributed by atoms with Crippen molar-refractivity contribution in [1.29, 1.82) is 0 Å². The number of Topliss-reactive ketones (excluding diaryl/α,β-unsaturated/α-hetero) is 2. The number of ketones is 2. The number of hydrogen-bond donors (Lipinski definition) is 2. The summed E-state index contributed by atoms with van der Waals surface area (Å²) in [6.45, 7) is 0. The Balaban J connectivity index is 2.90. The molecule has 1 aliphatic heterocycles. The Morgan fingerprint density at radius 2 is 1.86 bits per heavy atom. The molecule has 1 aliphatic rings. The number of nitrogens with one attached hydrogen (secondary N) is 1. The second kappa shape index (κ2) is 5.11. The zero-order chi connectivity index (χ0) is 15.9. The first-order valence-corrected chi connectivity index (χ1v) is 5.84. The molecule has 1 aromatic carbocycles. The van der Waals surface area contributed by atoms with E-state index in [2.05, 4.69) is 5.16 Å². The van der Waals surface area contributed by atoms with Gasteiger partial charge in [-0.3, -0.25) is 24.5 Å². The van der Waals surface area contributed by atoms with Crippen molar-refractivity contribution in [1.82, 2.24) is 0 Å². The van der Waals surface area contributed by atoms with Crippen molar-refractivity contribution < 1.29 is 24.5 Å². The maximum Gasteiger partial charge on any atom is 0.302 e. The molecule has 0 bridgehead atoms. The van der Waals surface area contributed by atoms with E-state index in [1.807, 2.05) is 5.32 Å². The van der Waals surface area contributed by atoms with E-state index in [4.69, 9.17) is 28.4 Å². The molecule has 0 aliphatic carbocycles. The van der Waals surface area contributed by atoms with Gasteiger partial charge in [0.15, 0.2) is 0 Å². The molecular weight excluding hydrogens is 329 g/mol. The minimum atomic E-state index is -1.44. The van der Waals surface area contributed by atoms with Gasteiger partial charge in [-0.05, 0) is 6.07 Å². The lowest BCUT2D eigenvalue weighted by molar-refractivity contribution is -0.384. The van der Waals surface area contributed by atoms with Gasteiger partial charge in [-0.25, -0.2) is 0 Å². The van der Waals surface area contributed by atoms with Gasteiger partial charge in [0.2, 0.25) is 11.5 Å². The van der Waals surface area contributed by atoms with E-state index in [-0.39, 0.29) is 10.7 Å². The summed E-state index contributed by atoms with van der Waals surface area (Å²) in [6.07, 6.45) is 0. The molecule has 0 saturated heterocycles. The summed E-state index contributed by atoms with van der Waals surface area (Å²) >= 11 is 11.4. The van der Waals surface area contributed by atoms with Crippen molar-refractivity contribution in [2.24, 2.45) is 5.16 Å². The first-order chi connectivity index (χ1) is 9.79. The average molecular weight is 332 g/mol. The number of nitro benzene ring substituents is 1. The van der Waals surface area contributed by atoms with Gasteiger partial charge in [-0.1, -0.05) is 28.4 Å². The number of carbonyl (C=O) groups is 3. The van der Waals surface area contributed by atoms with Crippen LogP contribution >= 0.6 is 23.2 Å². The normalized spacial score (nSPS) is 16.5. The minimum Gasteiger partial charge on any atom is -0.410 e. The van der Waals surface area contributed by atoms with Gasteiger partial charge in [0.05, 0.1) is 15.6 Å². The quantitative estimate of drug-likeness (QED) is 0.345. The third-order valence-electron chi connectivity index (χ3n) is 2.59. The fourth-order valence-electron chi connectivity index (χ4n) is 1.71. The summed E-state index contributed by atoms with van der Waals surface area (Å²) in [5.41, 5.74) is -3.13. The van der Waals surface area contributed by atoms with Crippen molar-refractivity contribution in [3.05, 3.63) is 31.8 Å². The summed E-state index contributed by atoms with van der Waals surface area (Å²) in [7, 11) is 0. The Morgan fingerprint density at radius 3 is 2.38 bits per heavy atom. The van der Waals surface area contributed by atoms with Crippen molar-refractivity contribution in [2.75, 3.05) is 5.32 Å². The Bertz CT molecular complexity index is 758. The Morgan fingerprint density at radius 1 is 1.24 bits per heavy atom. The fourth-order valence-corrected chi connectivity index (χ4v) is 2.13. The second-order valence-corrected chi connectivity index (χ2v) is 4.55. The van der Waals surface area contributed by atoms with Crippen LogP contribution in [0.5, 0.6) is 0 Å². The molecule has 11 heteroatoms. The first-order valence-electron chi connectivity index (χ1n) is 5.08. The molecule has 1 aromatic rings. The number of rotatable bonds is 1. The number of halogens is 2. The van der Waals surface area contributed by atoms with Crippen LogP contribution in [0.15, 0.2) is 11.2 Å². The molecule has 1 amide bonds. The van der Waals surface area contributed by atoms with E-state index < -0.39 is 44.4 Å². The summed E-state index contributed by atoms with van der Waals surface area (Å²) in [6, 6.07) is 0.982.